The van der Waals surface area contributed by atoms with Crippen molar-refractivity contribution >= 4 is 0 Å². The summed E-state index contributed by atoms with van der Waals surface area (Å²) in [6.45, 7) is 0. The summed E-state index contributed by atoms with van der Waals surface area (Å²) >= 11 is 0. The summed E-state index contributed by atoms with van der Waals surface area (Å²) in [5.41, 5.74) is 2.55. The third-order valence-electron chi connectivity index (χ3n) is 5.58. The number of rotatable bonds is 3. The van der Waals surface area contributed by atoms with Crippen molar-refractivity contribution in [2.75, 3.05) is 0 Å². The monoisotopic (exact) mass is 385 g/mol. The number of nitrogens with zero attached hydrogens (tertiary/aromatic N) is 4. The number of fused-ring (bicyclic) bond motifs is 1. The van der Waals surface area contributed by atoms with Gasteiger partial charge >= 0.3 is 0 Å². The minimum absolute atomic E-state index is 0.264. The highest BCUT2D eigenvalue weighted by Gasteiger charge is 2.45. The third-order valence-corrected chi connectivity index (χ3v) is 5.58. The van der Waals surface area contributed by atoms with Crippen molar-refractivity contribution in [3.05, 3.63) is 95.5 Å². The smallest absolute Gasteiger partial charge is 0.133 e. The lowest BCUT2D eigenvalue weighted by atomic mass is 9.86. The van der Waals surface area contributed by atoms with Crippen LogP contribution >= 0.6 is 0 Å². The zero-order chi connectivity index (χ0) is 20.0. The Balaban J connectivity index is 1.54. The van der Waals surface area contributed by atoms with Gasteiger partial charge in [-0.15, -0.1) is 0 Å². The molecule has 0 spiro atoms. The summed E-state index contributed by atoms with van der Waals surface area (Å²) in [5, 5.41) is 27.5. The molecule has 5 rings (SSSR count). The van der Waals surface area contributed by atoms with Gasteiger partial charge in [-0.2, -0.15) is 10.4 Å². The molecule has 29 heavy (non-hydrogen) atoms. The molecule has 0 fully saturated rings. The van der Waals surface area contributed by atoms with Crippen LogP contribution in [0.3, 0.4) is 0 Å². The van der Waals surface area contributed by atoms with Gasteiger partial charge in [0.25, 0.3) is 0 Å². The number of nitrogens with one attached hydrogen (secondary N) is 1. The number of hydrogen-bond donors (Lipinski definition) is 2. The van der Waals surface area contributed by atoms with Crippen LogP contribution in [0.4, 0.5) is 4.39 Å². The number of halogens is 1. The number of aliphatic hydroxyl groups is 1. The van der Waals surface area contributed by atoms with E-state index in [0.717, 1.165) is 11.3 Å². The number of aromatic nitrogens is 4. The molecule has 3 heterocycles. The van der Waals surface area contributed by atoms with Crippen LogP contribution in [0.25, 0.3) is 11.3 Å². The lowest BCUT2D eigenvalue weighted by Crippen LogP contribution is -2.24. The van der Waals surface area contributed by atoms with Gasteiger partial charge in [-0.3, -0.25) is 5.10 Å². The highest BCUT2D eigenvalue weighted by atomic mass is 19.1. The predicted octanol–water partition coefficient (Wildman–Crippen LogP) is 3.51. The fraction of sp³-hybridized carbons (Fsp3) is 0.136. The normalized spacial score (nSPS) is 20.4. The van der Waals surface area contributed by atoms with E-state index in [2.05, 4.69) is 15.2 Å². The number of nitriles is 1. The molecule has 2 aromatic carbocycles. The molecule has 0 bridgehead atoms. The molecule has 6 nitrogen and oxygen atoms in total. The minimum atomic E-state index is -1.30. The van der Waals surface area contributed by atoms with Crippen molar-refractivity contribution in [2.45, 2.75) is 18.1 Å². The van der Waals surface area contributed by atoms with Crippen molar-refractivity contribution in [1.29, 1.82) is 5.26 Å². The minimum Gasteiger partial charge on any atom is -0.379 e. The lowest BCUT2D eigenvalue weighted by Gasteiger charge is -2.23. The van der Waals surface area contributed by atoms with E-state index < -0.39 is 17.5 Å². The molecule has 4 aromatic rings. The van der Waals surface area contributed by atoms with E-state index in [1.54, 1.807) is 35.4 Å². The van der Waals surface area contributed by atoms with Crippen LogP contribution in [-0.4, -0.2) is 24.9 Å². The molecule has 2 N–H and O–H groups in total. The Morgan fingerprint density at radius 1 is 1.21 bits per heavy atom. The number of aromatic amines is 1. The van der Waals surface area contributed by atoms with E-state index >= 15 is 0 Å². The van der Waals surface area contributed by atoms with Gasteiger partial charge in [0.1, 0.15) is 11.4 Å². The van der Waals surface area contributed by atoms with Crippen molar-refractivity contribution in [3.63, 3.8) is 0 Å². The van der Waals surface area contributed by atoms with Crippen LogP contribution in [0.5, 0.6) is 0 Å². The van der Waals surface area contributed by atoms with Crippen LogP contribution < -0.4 is 0 Å². The molecule has 0 radical (unpaired) electrons. The van der Waals surface area contributed by atoms with E-state index in [4.69, 9.17) is 5.26 Å². The second-order valence-corrected chi connectivity index (χ2v) is 7.16. The molecule has 7 heteroatoms. The van der Waals surface area contributed by atoms with E-state index in [1.165, 1.54) is 6.07 Å². The van der Waals surface area contributed by atoms with Gasteiger partial charge in [0.2, 0.25) is 0 Å². The van der Waals surface area contributed by atoms with Crippen molar-refractivity contribution in [3.8, 4) is 17.3 Å². The Labute approximate surface area is 165 Å². The van der Waals surface area contributed by atoms with E-state index in [1.807, 2.05) is 36.4 Å². The maximum absolute atomic E-state index is 14.7. The highest BCUT2D eigenvalue weighted by Crippen LogP contribution is 2.47. The first-order valence-electron chi connectivity index (χ1n) is 9.14. The Kier molecular flexibility index (Phi) is 3.83. The Morgan fingerprint density at radius 3 is 2.72 bits per heavy atom. The third kappa shape index (κ3) is 2.65. The first-order valence-corrected chi connectivity index (χ1v) is 9.14. The first kappa shape index (κ1) is 17.3. The molecule has 0 aliphatic carbocycles. The molecule has 1 aliphatic rings. The van der Waals surface area contributed by atoms with E-state index in [9.17, 15) is 9.50 Å². The largest absolute Gasteiger partial charge is 0.379 e. The Morgan fingerprint density at radius 2 is 2.03 bits per heavy atom. The van der Waals surface area contributed by atoms with Gasteiger partial charge in [-0.1, -0.05) is 30.3 Å². The van der Waals surface area contributed by atoms with Gasteiger partial charge in [-0.25, -0.2) is 9.37 Å². The molecule has 0 amide bonds. The van der Waals surface area contributed by atoms with Crippen molar-refractivity contribution in [2.24, 2.45) is 0 Å². The van der Waals surface area contributed by atoms with Crippen LogP contribution in [-0.2, 0) is 5.60 Å². The quantitative estimate of drug-likeness (QED) is 0.565. The average Bonchev–Trinajstić information content (AvgIpc) is 3.48. The van der Waals surface area contributed by atoms with Crippen molar-refractivity contribution in [1.82, 2.24) is 19.7 Å². The zero-order valence-corrected chi connectivity index (χ0v) is 15.2. The maximum atomic E-state index is 14.7. The molecule has 0 saturated heterocycles. The fourth-order valence-electron chi connectivity index (χ4n) is 4.09. The number of benzene rings is 2. The topological polar surface area (TPSA) is 90.5 Å². The van der Waals surface area contributed by atoms with E-state index in [0.29, 0.717) is 16.8 Å². The Hall–Kier alpha value is -3.76. The van der Waals surface area contributed by atoms with Crippen LogP contribution in [0.1, 0.15) is 34.8 Å². The molecule has 1 aliphatic heterocycles. The van der Waals surface area contributed by atoms with Gasteiger partial charge in [0.15, 0.2) is 0 Å². The van der Waals surface area contributed by atoms with E-state index in [-0.39, 0.29) is 12.0 Å². The number of hydrogen-bond acceptors (Lipinski definition) is 4. The number of imidazole rings is 1. The molecular formula is C22H16FN5O. The molecule has 0 unspecified atom stereocenters. The summed E-state index contributed by atoms with van der Waals surface area (Å²) in [5.74, 6) is -0.465. The molecular weight excluding hydrogens is 369 g/mol. The maximum Gasteiger partial charge on any atom is 0.133 e. The van der Waals surface area contributed by atoms with Gasteiger partial charge in [0.05, 0.1) is 41.6 Å². The average molecular weight is 385 g/mol. The number of H-pyrrole nitrogens is 1. The summed E-state index contributed by atoms with van der Waals surface area (Å²) in [6, 6.07) is 15.4. The standard InChI is InChI=1S/C22H16FN5O/c23-18-9-14(11-24)1-6-17(18)20-10-22(29,21-12-25-13-28(20)21)16-4-2-15(3-5-16)19-7-8-26-27-19/h1-9,12-13,20,29H,10H2,(H,26,27)/t20-,22+/m1/s1. The molecule has 0 saturated carbocycles. The SMILES string of the molecule is N#Cc1ccc([C@H]2C[C@](O)(c3ccc(-c4ccn[nH]4)cc3)c3cncn32)c(F)c1. The van der Waals surface area contributed by atoms with Crippen LogP contribution in [0, 0.1) is 17.1 Å². The van der Waals surface area contributed by atoms with Crippen LogP contribution in [0.2, 0.25) is 0 Å². The summed E-state index contributed by atoms with van der Waals surface area (Å²) in [4.78, 5) is 4.18. The summed E-state index contributed by atoms with van der Waals surface area (Å²) in [6.07, 6.45) is 5.18. The van der Waals surface area contributed by atoms with Gasteiger partial charge < -0.3 is 9.67 Å². The summed E-state index contributed by atoms with van der Waals surface area (Å²) < 4.78 is 16.5. The Bertz CT molecular complexity index is 1220. The molecule has 2 atom stereocenters. The van der Waals surface area contributed by atoms with Crippen LogP contribution in [0.15, 0.2) is 67.3 Å². The molecule has 142 valence electrons. The van der Waals surface area contributed by atoms with Gasteiger partial charge in [-0.05, 0) is 29.3 Å². The second kappa shape index (κ2) is 6.40. The fourth-order valence-corrected chi connectivity index (χ4v) is 4.09. The second-order valence-electron chi connectivity index (χ2n) is 7.16. The summed E-state index contributed by atoms with van der Waals surface area (Å²) in [7, 11) is 0. The molecule has 2 aromatic heterocycles. The lowest BCUT2D eigenvalue weighted by molar-refractivity contribution is 0.0792. The van der Waals surface area contributed by atoms with Crippen molar-refractivity contribution < 1.29 is 9.50 Å². The predicted molar refractivity (Wildman–Crippen MR) is 103 cm³/mol. The zero-order valence-electron chi connectivity index (χ0n) is 15.2. The first-order chi connectivity index (χ1) is 14.1. The van der Waals surface area contributed by atoms with Gasteiger partial charge in [0, 0.05) is 18.2 Å². The highest BCUT2D eigenvalue weighted by molar-refractivity contribution is 5.59.